The number of nitrogens with zero attached hydrogens (tertiary/aromatic N) is 3. The zero-order chi connectivity index (χ0) is 25.0. The van der Waals surface area contributed by atoms with Gasteiger partial charge in [-0.05, 0) is 55.6 Å². The average molecular weight is 517 g/mol. The van der Waals surface area contributed by atoms with Crippen molar-refractivity contribution in [2.75, 3.05) is 19.3 Å². The van der Waals surface area contributed by atoms with Crippen LogP contribution in [0.3, 0.4) is 0 Å². The number of carbonyl (C=O) groups is 1. The molecule has 1 aliphatic rings. The predicted molar refractivity (Wildman–Crippen MR) is 133 cm³/mol. The van der Waals surface area contributed by atoms with Crippen LogP contribution in [0.1, 0.15) is 43.7 Å². The van der Waals surface area contributed by atoms with Crippen LogP contribution in [0.5, 0.6) is 0 Å². The largest absolute Gasteiger partial charge is 0.349 e. The Morgan fingerprint density at radius 3 is 2.66 bits per heavy atom. The van der Waals surface area contributed by atoms with E-state index in [4.69, 9.17) is 16.1 Å². The van der Waals surface area contributed by atoms with E-state index in [2.05, 4.69) is 20.4 Å². The topological polar surface area (TPSA) is 105 Å². The van der Waals surface area contributed by atoms with Crippen LogP contribution in [0.15, 0.2) is 57.9 Å². The van der Waals surface area contributed by atoms with Crippen LogP contribution < -0.4 is 5.32 Å². The summed E-state index contributed by atoms with van der Waals surface area (Å²) in [6.45, 7) is 3.90. The molecular weight excluding hydrogens is 488 g/mol. The van der Waals surface area contributed by atoms with Gasteiger partial charge in [0, 0.05) is 18.4 Å². The molecule has 10 heteroatoms. The van der Waals surface area contributed by atoms with E-state index in [1.165, 1.54) is 6.26 Å². The van der Waals surface area contributed by atoms with Gasteiger partial charge in [0.1, 0.15) is 0 Å². The molecule has 2 unspecified atom stereocenters. The Labute approximate surface area is 210 Å². The third kappa shape index (κ3) is 6.28. The molecule has 2 heterocycles. The Balaban J connectivity index is 1.37. The van der Waals surface area contributed by atoms with Gasteiger partial charge in [0.25, 0.3) is 0 Å². The summed E-state index contributed by atoms with van der Waals surface area (Å²) < 4.78 is 28.9. The number of amides is 1. The summed E-state index contributed by atoms with van der Waals surface area (Å²) in [6.07, 6.45) is 3.58. The summed E-state index contributed by atoms with van der Waals surface area (Å²) in [6, 6.07) is 13.9. The minimum atomic E-state index is -3.26. The molecule has 1 N–H and O–H groups in total. The summed E-state index contributed by atoms with van der Waals surface area (Å²) >= 11 is 6.24. The van der Waals surface area contributed by atoms with Gasteiger partial charge >= 0.3 is 0 Å². The molecule has 0 bridgehead atoms. The molecule has 4 rings (SSSR count). The highest BCUT2D eigenvalue weighted by Gasteiger charge is 2.28. The molecule has 1 amide bonds. The van der Waals surface area contributed by atoms with E-state index in [9.17, 15) is 13.2 Å². The van der Waals surface area contributed by atoms with Gasteiger partial charge in [-0.3, -0.25) is 9.69 Å². The molecule has 186 valence electrons. The highest BCUT2D eigenvalue weighted by atomic mass is 35.5. The fraction of sp³-hybridized carbons (Fsp3) is 0.400. The van der Waals surface area contributed by atoms with Crippen molar-refractivity contribution in [2.45, 2.75) is 43.7 Å². The Kier molecular flexibility index (Phi) is 7.88. The Hall–Kier alpha value is -2.75. The van der Waals surface area contributed by atoms with E-state index in [1.54, 1.807) is 30.3 Å². The van der Waals surface area contributed by atoms with Crippen molar-refractivity contribution < 1.29 is 17.7 Å². The normalized spacial score (nSPS) is 17.7. The maximum Gasteiger partial charge on any atom is 0.241 e. The number of hydrogen-bond acceptors (Lipinski definition) is 7. The van der Waals surface area contributed by atoms with Crippen LogP contribution in [0.4, 0.5) is 0 Å². The fourth-order valence-corrected chi connectivity index (χ4v) is 5.18. The van der Waals surface area contributed by atoms with Crippen LogP contribution in [0.2, 0.25) is 5.02 Å². The van der Waals surface area contributed by atoms with E-state index in [1.807, 2.05) is 25.1 Å². The minimum absolute atomic E-state index is 0.00368. The number of sulfone groups is 1. The summed E-state index contributed by atoms with van der Waals surface area (Å²) in [7, 11) is -3.26. The molecule has 1 aromatic heterocycles. The number of piperidine rings is 1. The van der Waals surface area contributed by atoms with Crippen molar-refractivity contribution in [1.82, 2.24) is 20.4 Å². The van der Waals surface area contributed by atoms with Crippen LogP contribution in [-0.4, -0.2) is 48.7 Å². The second-order valence-electron chi connectivity index (χ2n) is 8.88. The van der Waals surface area contributed by atoms with E-state index in [0.29, 0.717) is 36.2 Å². The monoisotopic (exact) mass is 516 g/mol. The smallest absolute Gasteiger partial charge is 0.241 e. The molecule has 1 aliphatic heterocycles. The molecular formula is C25H29ClN4O4S. The number of benzene rings is 2. The third-order valence-corrected chi connectivity index (χ3v) is 7.71. The van der Waals surface area contributed by atoms with E-state index in [-0.39, 0.29) is 22.8 Å². The van der Waals surface area contributed by atoms with Gasteiger partial charge in [0.05, 0.1) is 28.4 Å². The van der Waals surface area contributed by atoms with Crippen molar-refractivity contribution in [3.05, 3.63) is 65.0 Å². The van der Waals surface area contributed by atoms with Gasteiger partial charge in [-0.1, -0.05) is 47.9 Å². The quantitative estimate of drug-likeness (QED) is 0.476. The van der Waals surface area contributed by atoms with E-state index < -0.39 is 9.84 Å². The van der Waals surface area contributed by atoms with Crippen LogP contribution in [-0.2, 0) is 21.2 Å². The van der Waals surface area contributed by atoms with Crippen molar-refractivity contribution in [1.29, 1.82) is 0 Å². The van der Waals surface area contributed by atoms with E-state index in [0.717, 1.165) is 30.5 Å². The predicted octanol–water partition coefficient (Wildman–Crippen LogP) is 4.27. The van der Waals surface area contributed by atoms with Crippen LogP contribution in [0.25, 0.3) is 11.4 Å². The third-order valence-electron chi connectivity index (χ3n) is 6.25. The first kappa shape index (κ1) is 25.3. The number of nitrogens with one attached hydrogen (secondary N) is 1. The zero-order valence-corrected chi connectivity index (χ0v) is 21.3. The lowest BCUT2D eigenvalue weighted by Gasteiger charge is -2.32. The molecule has 2 atom stereocenters. The molecule has 0 saturated carbocycles. The number of halogens is 1. The SMILES string of the molecule is CCC(NC(=O)C1CCCN(Cc2nc(-c3ccccc3Cl)no2)C1)c1ccc(S(C)(=O)=O)cc1. The Morgan fingerprint density at radius 2 is 1.97 bits per heavy atom. The summed E-state index contributed by atoms with van der Waals surface area (Å²) in [4.78, 5) is 20.0. The highest BCUT2D eigenvalue weighted by Crippen LogP contribution is 2.26. The highest BCUT2D eigenvalue weighted by molar-refractivity contribution is 7.90. The lowest BCUT2D eigenvalue weighted by molar-refractivity contribution is -0.127. The second kappa shape index (κ2) is 10.9. The van der Waals surface area contributed by atoms with Gasteiger partial charge in [0.15, 0.2) is 9.84 Å². The molecule has 1 fully saturated rings. The maximum atomic E-state index is 13.1. The molecule has 0 aliphatic carbocycles. The lowest BCUT2D eigenvalue weighted by Crippen LogP contribution is -2.43. The summed E-state index contributed by atoms with van der Waals surface area (Å²) in [5, 5.41) is 7.77. The lowest BCUT2D eigenvalue weighted by atomic mass is 9.95. The minimum Gasteiger partial charge on any atom is -0.349 e. The maximum absolute atomic E-state index is 13.1. The van der Waals surface area contributed by atoms with Crippen molar-refractivity contribution in [2.24, 2.45) is 5.92 Å². The number of aromatic nitrogens is 2. The first-order valence-electron chi connectivity index (χ1n) is 11.6. The standard InChI is InChI=1S/C25H29ClN4O4S/c1-3-22(17-10-12-19(13-11-17)35(2,32)33)27-25(31)18-7-6-14-30(15-18)16-23-28-24(29-34-23)20-8-4-5-9-21(20)26/h4-5,8-13,18,22H,3,6-7,14-16H2,1-2H3,(H,27,31). The van der Waals surface area contributed by atoms with Crippen LogP contribution >= 0.6 is 11.6 Å². The van der Waals surface area contributed by atoms with Gasteiger partial charge < -0.3 is 9.84 Å². The summed E-state index contributed by atoms with van der Waals surface area (Å²) in [5.74, 6) is 0.776. The molecule has 3 aromatic rings. The Morgan fingerprint density at radius 1 is 1.23 bits per heavy atom. The molecule has 35 heavy (non-hydrogen) atoms. The summed E-state index contributed by atoms with van der Waals surface area (Å²) in [5.41, 5.74) is 1.61. The molecule has 0 radical (unpaired) electrons. The number of hydrogen-bond donors (Lipinski definition) is 1. The second-order valence-corrected chi connectivity index (χ2v) is 11.3. The zero-order valence-electron chi connectivity index (χ0n) is 19.8. The molecule has 0 spiro atoms. The van der Waals surface area contributed by atoms with E-state index >= 15 is 0 Å². The van der Waals surface area contributed by atoms with Gasteiger partial charge in [0.2, 0.25) is 17.6 Å². The fourth-order valence-electron chi connectivity index (χ4n) is 4.33. The van der Waals surface area contributed by atoms with Crippen molar-refractivity contribution >= 4 is 27.3 Å². The van der Waals surface area contributed by atoms with Crippen molar-refractivity contribution in [3.8, 4) is 11.4 Å². The van der Waals surface area contributed by atoms with Gasteiger partial charge in [-0.25, -0.2) is 8.42 Å². The number of carbonyl (C=O) groups excluding carboxylic acids is 1. The van der Waals surface area contributed by atoms with Crippen molar-refractivity contribution in [3.63, 3.8) is 0 Å². The number of likely N-dealkylation sites (tertiary alicyclic amines) is 1. The molecule has 1 saturated heterocycles. The van der Waals surface area contributed by atoms with Gasteiger partial charge in [-0.2, -0.15) is 4.98 Å². The van der Waals surface area contributed by atoms with Crippen LogP contribution in [0, 0.1) is 5.92 Å². The number of rotatable bonds is 8. The average Bonchev–Trinajstić information content (AvgIpc) is 3.30. The molecule has 2 aromatic carbocycles. The molecule has 8 nitrogen and oxygen atoms in total. The Bertz CT molecular complexity index is 1280. The van der Waals surface area contributed by atoms with Gasteiger partial charge in [-0.15, -0.1) is 0 Å². The first-order valence-corrected chi connectivity index (χ1v) is 13.9. The first-order chi connectivity index (χ1) is 16.7.